The molecule has 0 spiro atoms. The second kappa shape index (κ2) is 9.03. The summed E-state index contributed by atoms with van der Waals surface area (Å²) in [5, 5.41) is 12.6. The van der Waals surface area contributed by atoms with E-state index in [0.29, 0.717) is 36.4 Å². The zero-order valence-corrected chi connectivity index (χ0v) is 15.8. The maximum atomic E-state index is 13.0. The predicted molar refractivity (Wildman–Crippen MR) is 99.1 cm³/mol. The number of carbonyl (C=O) groups is 3. The van der Waals surface area contributed by atoms with Crippen molar-refractivity contribution < 1.29 is 19.5 Å². The highest BCUT2D eigenvalue weighted by Gasteiger charge is 2.34. The van der Waals surface area contributed by atoms with E-state index < -0.39 is 17.9 Å². The summed E-state index contributed by atoms with van der Waals surface area (Å²) in [6.07, 6.45) is 1.94. The molecule has 142 valence electrons. The lowest BCUT2D eigenvalue weighted by Gasteiger charge is -2.35. The number of rotatable bonds is 6. The van der Waals surface area contributed by atoms with Crippen LogP contribution in [0.2, 0.25) is 5.02 Å². The molecular formula is C19H25ClN2O4. The van der Waals surface area contributed by atoms with Crippen molar-refractivity contribution in [2.45, 2.75) is 39.2 Å². The van der Waals surface area contributed by atoms with Gasteiger partial charge in [0.1, 0.15) is 6.04 Å². The van der Waals surface area contributed by atoms with Crippen LogP contribution in [0.4, 0.5) is 0 Å². The Bertz CT molecular complexity index is 662. The second-order valence-electron chi connectivity index (χ2n) is 6.81. The molecule has 0 aromatic heterocycles. The van der Waals surface area contributed by atoms with Gasteiger partial charge in [-0.05, 0) is 43.0 Å². The van der Waals surface area contributed by atoms with Crippen LogP contribution in [-0.4, -0.2) is 46.9 Å². The summed E-state index contributed by atoms with van der Waals surface area (Å²) >= 11 is 5.85. The molecule has 1 aliphatic rings. The maximum Gasteiger partial charge on any atom is 0.308 e. The molecule has 2 N–H and O–H groups in total. The van der Waals surface area contributed by atoms with Gasteiger partial charge in [0.05, 0.1) is 5.92 Å². The normalized spacial score (nSPS) is 19.5. The summed E-state index contributed by atoms with van der Waals surface area (Å²) in [6, 6.07) is 5.78. The topological polar surface area (TPSA) is 86.7 Å². The number of benzene rings is 1. The summed E-state index contributed by atoms with van der Waals surface area (Å²) in [6.45, 7) is 4.57. The number of carbonyl (C=O) groups excluding carboxylic acids is 2. The number of halogens is 1. The van der Waals surface area contributed by atoms with E-state index in [-0.39, 0.29) is 24.3 Å². The van der Waals surface area contributed by atoms with Crippen molar-refractivity contribution in [2.75, 3.05) is 13.1 Å². The highest BCUT2D eigenvalue weighted by atomic mass is 35.5. The van der Waals surface area contributed by atoms with Crippen molar-refractivity contribution >= 4 is 29.4 Å². The van der Waals surface area contributed by atoms with Crippen LogP contribution in [-0.2, 0) is 9.59 Å². The zero-order chi connectivity index (χ0) is 19.3. The third-order valence-corrected chi connectivity index (χ3v) is 5.21. The Labute approximate surface area is 158 Å². The van der Waals surface area contributed by atoms with Gasteiger partial charge in [-0.15, -0.1) is 0 Å². The molecule has 1 fully saturated rings. The Balaban J connectivity index is 2.13. The van der Waals surface area contributed by atoms with Crippen molar-refractivity contribution in [2.24, 2.45) is 11.8 Å². The fraction of sp³-hybridized carbons (Fsp3) is 0.526. The number of aliphatic carboxylic acids is 1. The molecule has 3 atom stereocenters. The molecule has 2 rings (SSSR count). The van der Waals surface area contributed by atoms with Crippen molar-refractivity contribution in [3.05, 3.63) is 34.9 Å². The number of likely N-dealkylation sites (tertiary alicyclic amines) is 1. The molecule has 6 nitrogen and oxygen atoms in total. The summed E-state index contributed by atoms with van der Waals surface area (Å²) in [4.78, 5) is 38.3. The first-order chi connectivity index (χ1) is 12.3. The first kappa shape index (κ1) is 20.2. The van der Waals surface area contributed by atoms with Crippen LogP contribution in [0, 0.1) is 11.8 Å². The molecule has 26 heavy (non-hydrogen) atoms. The minimum absolute atomic E-state index is 0.0658. The molecule has 0 saturated carbocycles. The Hall–Kier alpha value is -2.08. The van der Waals surface area contributed by atoms with Crippen LogP contribution in [0.3, 0.4) is 0 Å². The number of hydrogen-bond acceptors (Lipinski definition) is 3. The number of hydrogen-bond donors (Lipinski definition) is 2. The van der Waals surface area contributed by atoms with Gasteiger partial charge in [0.15, 0.2) is 0 Å². The van der Waals surface area contributed by atoms with Crippen LogP contribution in [0.5, 0.6) is 0 Å². The lowest BCUT2D eigenvalue weighted by molar-refractivity contribution is -0.146. The summed E-state index contributed by atoms with van der Waals surface area (Å²) in [7, 11) is 0. The van der Waals surface area contributed by atoms with Gasteiger partial charge in [-0.3, -0.25) is 14.4 Å². The van der Waals surface area contributed by atoms with Gasteiger partial charge >= 0.3 is 5.97 Å². The lowest BCUT2D eigenvalue weighted by Crippen LogP contribution is -2.54. The third-order valence-electron chi connectivity index (χ3n) is 4.95. The fourth-order valence-corrected chi connectivity index (χ4v) is 3.21. The van der Waals surface area contributed by atoms with Crippen LogP contribution in [0.15, 0.2) is 24.3 Å². The number of amides is 2. The molecule has 0 aliphatic carbocycles. The Morgan fingerprint density at radius 1 is 1.31 bits per heavy atom. The van der Waals surface area contributed by atoms with Crippen LogP contribution < -0.4 is 5.32 Å². The maximum absolute atomic E-state index is 13.0. The highest BCUT2D eigenvalue weighted by Crippen LogP contribution is 2.20. The Morgan fingerprint density at radius 2 is 1.96 bits per heavy atom. The summed E-state index contributed by atoms with van der Waals surface area (Å²) in [5.41, 5.74) is 0.428. The smallest absolute Gasteiger partial charge is 0.308 e. The Morgan fingerprint density at radius 3 is 2.54 bits per heavy atom. The van der Waals surface area contributed by atoms with Crippen molar-refractivity contribution in [1.29, 1.82) is 0 Å². The SMILES string of the molecule is CCC(C)C(NC(=O)c1ccc(Cl)cc1)C(=O)N1CCCC(C(=O)O)C1. The van der Waals surface area contributed by atoms with Crippen molar-refractivity contribution in [1.82, 2.24) is 10.2 Å². The van der Waals surface area contributed by atoms with Gasteiger partial charge < -0.3 is 15.3 Å². The average Bonchev–Trinajstić information content (AvgIpc) is 2.65. The van der Waals surface area contributed by atoms with E-state index in [1.54, 1.807) is 29.2 Å². The highest BCUT2D eigenvalue weighted by molar-refractivity contribution is 6.30. The van der Waals surface area contributed by atoms with Gasteiger partial charge in [-0.2, -0.15) is 0 Å². The molecule has 0 radical (unpaired) electrons. The zero-order valence-electron chi connectivity index (χ0n) is 15.1. The monoisotopic (exact) mass is 380 g/mol. The van der Waals surface area contributed by atoms with Gasteiger partial charge in [0.25, 0.3) is 5.91 Å². The fourth-order valence-electron chi connectivity index (χ4n) is 3.08. The Kier molecular flexibility index (Phi) is 7.03. The molecule has 2 amide bonds. The van der Waals surface area contributed by atoms with Gasteiger partial charge in [-0.25, -0.2) is 0 Å². The van der Waals surface area contributed by atoms with Crippen LogP contribution in [0.1, 0.15) is 43.5 Å². The van der Waals surface area contributed by atoms with E-state index >= 15 is 0 Å². The minimum Gasteiger partial charge on any atom is -0.481 e. The molecule has 0 bridgehead atoms. The molecular weight excluding hydrogens is 356 g/mol. The standard InChI is InChI=1S/C19H25ClN2O4/c1-3-12(2)16(21-17(23)13-6-8-15(20)9-7-13)18(24)22-10-4-5-14(11-22)19(25)26/h6-9,12,14,16H,3-5,10-11H2,1-2H3,(H,21,23)(H,25,26). The van der Waals surface area contributed by atoms with Crippen LogP contribution >= 0.6 is 11.6 Å². The van der Waals surface area contributed by atoms with E-state index in [1.807, 2.05) is 13.8 Å². The predicted octanol–water partition coefficient (Wildman–Crippen LogP) is 2.81. The lowest BCUT2D eigenvalue weighted by atomic mass is 9.94. The van der Waals surface area contributed by atoms with E-state index in [9.17, 15) is 19.5 Å². The van der Waals surface area contributed by atoms with E-state index in [1.165, 1.54) is 0 Å². The van der Waals surface area contributed by atoms with E-state index in [2.05, 4.69) is 5.32 Å². The van der Waals surface area contributed by atoms with Gasteiger partial charge in [0.2, 0.25) is 5.91 Å². The molecule has 1 aromatic carbocycles. The van der Waals surface area contributed by atoms with Crippen molar-refractivity contribution in [3.8, 4) is 0 Å². The van der Waals surface area contributed by atoms with Crippen molar-refractivity contribution in [3.63, 3.8) is 0 Å². The molecule has 1 aliphatic heterocycles. The molecule has 3 unspecified atom stereocenters. The number of carboxylic acid groups (broad SMARTS) is 1. The molecule has 1 saturated heterocycles. The molecule has 7 heteroatoms. The second-order valence-corrected chi connectivity index (χ2v) is 7.24. The molecule has 1 heterocycles. The third kappa shape index (κ3) is 4.97. The minimum atomic E-state index is -0.882. The largest absolute Gasteiger partial charge is 0.481 e. The van der Waals surface area contributed by atoms with E-state index in [0.717, 1.165) is 0 Å². The number of nitrogens with one attached hydrogen (secondary N) is 1. The van der Waals surface area contributed by atoms with Gasteiger partial charge in [0, 0.05) is 23.7 Å². The first-order valence-corrected chi connectivity index (χ1v) is 9.29. The summed E-state index contributed by atoms with van der Waals surface area (Å²) in [5.74, 6) is -2.05. The number of nitrogens with zero attached hydrogens (tertiary/aromatic N) is 1. The summed E-state index contributed by atoms with van der Waals surface area (Å²) < 4.78 is 0. The van der Waals surface area contributed by atoms with E-state index in [4.69, 9.17) is 11.6 Å². The average molecular weight is 381 g/mol. The molecule has 1 aromatic rings. The van der Waals surface area contributed by atoms with Gasteiger partial charge in [-0.1, -0.05) is 31.9 Å². The first-order valence-electron chi connectivity index (χ1n) is 8.91. The number of piperidine rings is 1. The van der Waals surface area contributed by atoms with Crippen LogP contribution in [0.25, 0.3) is 0 Å². The quantitative estimate of drug-likeness (QED) is 0.794. The number of carboxylic acids is 1.